The minimum atomic E-state index is -5.11. The second-order valence-electron chi connectivity index (χ2n) is 9.95. The first-order valence-corrected chi connectivity index (χ1v) is 12.9. The summed E-state index contributed by atoms with van der Waals surface area (Å²) in [6.07, 6.45) is -2.90. The Labute approximate surface area is 240 Å². The van der Waals surface area contributed by atoms with E-state index in [9.17, 15) is 22.0 Å². The number of aromatic nitrogens is 6. The van der Waals surface area contributed by atoms with Gasteiger partial charge in [-0.3, -0.25) is 0 Å². The minimum absolute atomic E-state index is 0.0239. The van der Waals surface area contributed by atoms with Crippen molar-refractivity contribution in [1.29, 1.82) is 0 Å². The number of nitrogens with one attached hydrogen (secondary N) is 1. The molecule has 224 valence electrons. The van der Waals surface area contributed by atoms with Crippen LogP contribution in [0.1, 0.15) is 12.0 Å². The fraction of sp³-hybridized carbons (Fsp3) is 0.296. The van der Waals surface area contributed by atoms with Crippen LogP contribution in [0.4, 0.5) is 33.5 Å². The van der Waals surface area contributed by atoms with E-state index in [-0.39, 0.29) is 35.6 Å². The van der Waals surface area contributed by atoms with Crippen LogP contribution in [0.2, 0.25) is 0 Å². The van der Waals surface area contributed by atoms with Gasteiger partial charge in [0.2, 0.25) is 5.88 Å². The molecule has 2 aromatic carbocycles. The van der Waals surface area contributed by atoms with Crippen LogP contribution < -0.4 is 19.5 Å². The lowest BCUT2D eigenvalue weighted by Crippen LogP contribution is -2.52. The van der Waals surface area contributed by atoms with Gasteiger partial charge < -0.3 is 24.4 Å². The first kappa shape index (κ1) is 28.3. The average Bonchev–Trinajstić information content (AvgIpc) is 3.40. The fourth-order valence-electron chi connectivity index (χ4n) is 4.75. The predicted octanol–water partition coefficient (Wildman–Crippen LogP) is 5.53. The van der Waals surface area contributed by atoms with Crippen molar-refractivity contribution in [3.63, 3.8) is 0 Å². The monoisotopic (exact) mass is 602 g/mol. The number of piperidine rings is 1. The maximum Gasteiger partial charge on any atom is 0.573 e. The zero-order chi connectivity index (χ0) is 30.4. The highest BCUT2D eigenvalue weighted by Gasteiger charge is 2.46. The van der Waals surface area contributed by atoms with Gasteiger partial charge >= 0.3 is 6.36 Å². The molecule has 1 N–H and O–H groups in total. The number of alkyl halides is 5. The zero-order valence-corrected chi connectivity index (χ0v) is 22.6. The zero-order valence-electron chi connectivity index (χ0n) is 22.6. The number of rotatable bonds is 7. The quantitative estimate of drug-likeness (QED) is 0.239. The van der Waals surface area contributed by atoms with Gasteiger partial charge in [0.1, 0.15) is 30.5 Å². The van der Waals surface area contributed by atoms with Crippen molar-refractivity contribution in [2.24, 2.45) is 0 Å². The molecule has 0 unspecified atom stereocenters. The second kappa shape index (κ2) is 10.8. The smallest absolute Gasteiger partial charge is 0.479 e. The Morgan fingerprint density at radius 1 is 1.00 bits per heavy atom. The van der Waals surface area contributed by atoms with Crippen molar-refractivity contribution in [3.05, 3.63) is 60.9 Å². The number of aryl methyl sites for hydroxylation is 1. The predicted molar refractivity (Wildman–Crippen MR) is 143 cm³/mol. The molecule has 1 fully saturated rings. The largest absolute Gasteiger partial charge is 0.573 e. The van der Waals surface area contributed by atoms with Crippen LogP contribution in [0.25, 0.3) is 16.6 Å². The molecular formula is C27H23F5N8O3. The van der Waals surface area contributed by atoms with E-state index in [1.54, 1.807) is 31.2 Å². The third-order valence-electron chi connectivity index (χ3n) is 6.73. The van der Waals surface area contributed by atoms with E-state index < -0.39 is 36.4 Å². The van der Waals surface area contributed by atoms with Gasteiger partial charge in [0.05, 0.1) is 17.4 Å². The number of fused-ring (bicyclic) bond motifs is 2. The van der Waals surface area contributed by atoms with E-state index in [0.29, 0.717) is 22.6 Å². The maximum absolute atomic E-state index is 14.9. The van der Waals surface area contributed by atoms with Gasteiger partial charge in [0.25, 0.3) is 5.92 Å². The van der Waals surface area contributed by atoms with Gasteiger partial charge in [-0.15, -0.1) is 13.2 Å². The number of hydrogen-bond donors (Lipinski definition) is 1. The van der Waals surface area contributed by atoms with Gasteiger partial charge in [-0.05, 0) is 49.9 Å². The molecule has 43 heavy (non-hydrogen) atoms. The number of benzene rings is 2. The number of nitrogens with zero attached hydrogens (tertiary/aromatic N) is 7. The molecule has 0 amide bonds. The number of likely N-dealkylation sites (tertiary alicyclic amines) is 1. The maximum atomic E-state index is 14.9. The molecular weight excluding hydrogens is 579 g/mol. The van der Waals surface area contributed by atoms with Crippen LogP contribution >= 0.6 is 0 Å². The Hall–Kier alpha value is -4.86. The Bertz CT molecular complexity index is 1800. The van der Waals surface area contributed by atoms with Crippen LogP contribution in [-0.2, 0) is 0 Å². The van der Waals surface area contributed by atoms with Crippen molar-refractivity contribution in [2.75, 3.05) is 25.5 Å². The molecule has 1 aliphatic rings. The molecule has 11 nitrogen and oxygen atoms in total. The van der Waals surface area contributed by atoms with E-state index in [1.807, 2.05) is 0 Å². The lowest BCUT2D eigenvalue weighted by Gasteiger charge is -2.36. The SMILES string of the molecule is Cc1cc(Nc2ncnc3ccc(OC(F)(F)F)c(O[C@@H]4CCN(C)CC4(F)F)c23)ccc1Oc1cc2ncnn2cn1. The van der Waals surface area contributed by atoms with Crippen LogP contribution in [-0.4, -0.2) is 73.0 Å². The first-order valence-electron chi connectivity index (χ1n) is 12.9. The Balaban J connectivity index is 1.34. The van der Waals surface area contributed by atoms with Gasteiger partial charge in [0.15, 0.2) is 23.3 Å². The summed E-state index contributed by atoms with van der Waals surface area (Å²) in [4.78, 5) is 18.0. The van der Waals surface area contributed by atoms with Crippen molar-refractivity contribution < 1.29 is 36.2 Å². The standard InChI is InChI=1S/C27H23F5N8O3/c1-15-9-16(3-5-18(15)41-22-10-21-34-13-37-40(21)14-36-22)38-25-23-17(33-12-35-25)4-6-19(43-27(30,31)32)24(23)42-20-7-8-39(2)11-26(20,28)29/h3-6,9-10,12-14,20H,7-8,11H2,1-2H3,(H,33,35,38)/t20-/m1/s1. The number of hydrogen-bond acceptors (Lipinski definition) is 10. The summed E-state index contributed by atoms with van der Waals surface area (Å²) >= 11 is 0. The van der Waals surface area contributed by atoms with E-state index >= 15 is 0 Å². The van der Waals surface area contributed by atoms with Gasteiger partial charge in [0, 0.05) is 24.7 Å². The van der Waals surface area contributed by atoms with Gasteiger partial charge in [-0.1, -0.05) is 0 Å². The molecule has 0 spiro atoms. The third-order valence-corrected chi connectivity index (χ3v) is 6.73. The number of ether oxygens (including phenoxy) is 3. The molecule has 1 aliphatic heterocycles. The molecule has 0 bridgehead atoms. The summed E-state index contributed by atoms with van der Waals surface area (Å²) in [5.74, 6) is -3.88. The lowest BCUT2D eigenvalue weighted by atomic mass is 10.0. The highest BCUT2D eigenvalue weighted by atomic mass is 19.4. The molecule has 6 rings (SSSR count). The third kappa shape index (κ3) is 6.04. The normalized spacial score (nSPS) is 17.2. The highest BCUT2D eigenvalue weighted by molar-refractivity contribution is 5.97. The first-order chi connectivity index (χ1) is 20.4. The summed E-state index contributed by atoms with van der Waals surface area (Å²) in [7, 11) is 1.53. The van der Waals surface area contributed by atoms with Crippen LogP contribution in [0.15, 0.2) is 55.4 Å². The highest BCUT2D eigenvalue weighted by Crippen LogP contribution is 2.44. The van der Waals surface area contributed by atoms with Crippen molar-refractivity contribution in [3.8, 4) is 23.1 Å². The van der Waals surface area contributed by atoms with Crippen molar-refractivity contribution in [1.82, 2.24) is 34.4 Å². The number of anilines is 2. The number of halogens is 5. The van der Waals surface area contributed by atoms with Crippen LogP contribution in [0.3, 0.4) is 0 Å². The van der Waals surface area contributed by atoms with E-state index in [1.165, 1.54) is 41.5 Å². The fourth-order valence-corrected chi connectivity index (χ4v) is 4.75. The molecule has 0 aliphatic carbocycles. The Morgan fingerprint density at radius 3 is 2.58 bits per heavy atom. The van der Waals surface area contributed by atoms with E-state index in [2.05, 4.69) is 35.1 Å². The summed E-state index contributed by atoms with van der Waals surface area (Å²) < 4.78 is 87.1. The van der Waals surface area contributed by atoms with Crippen molar-refractivity contribution in [2.45, 2.75) is 31.7 Å². The van der Waals surface area contributed by atoms with Crippen LogP contribution in [0, 0.1) is 6.92 Å². The Kier molecular flexibility index (Phi) is 7.07. The van der Waals surface area contributed by atoms with Crippen LogP contribution in [0.5, 0.6) is 23.1 Å². The van der Waals surface area contributed by atoms with E-state index in [4.69, 9.17) is 9.47 Å². The van der Waals surface area contributed by atoms with Gasteiger partial charge in [-0.2, -0.15) is 5.10 Å². The molecule has 1 saturated heterocycles. The molecule has 1 atom stereocenters. The summed E-state index contributed by atoms with van der Waals surface area (Å²) in [5, 5.41) is 6.97. The molecule has 0 saturated carbocycles. The molecule has 0 radical (unpaired) electrons. The Morgan fingerprint density at radius 2 is 1.81 bits per heavy atom. The molecule has 3 aromatic heterocycles. The molecule has 5 aromatic rings. The molecule has 16 heteroatoms. The average molecular weight is 603 g/mol. The van der Waals surface area contributed by atoms with Crippen molar-refractivity contribution >= 4 is 28.1 Å². The minimum Gasteiger partial charge on any atom is -0.479 e. The summed E-state index contributed by atoms with van der Waals surface area (Å²) in [5.41, 5.74) is 1.85. The second-order valence-corrected chi connectivity index (χ2v) is 9.95. The summed E-state index contributed by atoms with van der Waals surface area (Å²) in [6, 6.07) is 8.88. The van der Waals surface area contributed by atoms with E-state index in [0.717, 1.165) is 6.07 Å². The topological polar surface area (TPSA) is 112 Å². The molecule has 4 heterocycles. The summed E-state index contributed by atoms with van der Waals surface area (Å²) in [6.45, 7) is 1.42. The lowest BCUT2D eigenvalue weighted by molar-refractivity contribution is -0.275. The van der Waals surface area contributed by atoms with Gasteiger partial charge in [-0.25, -0.2) is 33.2 Å².